The third kappa shape index (κ3) is 5.00. The minimum atomic E-state index is 0.896. The quantitative estimate of drug-likeness (QED) is 0.544. The Kier molecular flexibility index (Phi) is 6.37. The van der Waals surface area contributed by atoms with Gasteiger partial charge in [0, 0.05) is 13.0 Å². The second kappa shape index (κ2) is 7.96. The summed E-state index contributed by atoms with van der Waals surface area (Å²) in [5.74, 6) is 2.66. The molecule has 0 aliphatic carbocycles. The summed E-state index contributed by atoms with van der Waals surface area (Å²) < 4.78 is 0. The highest BCUT2D eigenvalue weighted by atomic mass is 14.8. The summed E-state index contributed by atoms with van der Waals surface area (Å²) in [7, 11) is 0. The van der Waals surface area contributed by atoms with Crippen LogP contribution in [-0.4, -0.2) is 6.54 Å². The Morgan fingerprint density at radius 3 is 2.44 bits per heavy atom. The fourth-order valence-corrected chi connectivity index (χ4v) is 1.60. The topological polar surface area (TPSA) is 12.0 Å². The highest BCUT2D eigenvalue weighted by Crippen LogP contribution is 2.04. The Bertz CT molecular complexity index is 318. The average molecular weight is 215 g/mol. The molecule has 1 aromatic carbocycles. The number of hydrogen-bond acceptors (Lipinski definition) is 1. The van der Waals surface area contributed by atoms with Crippen molar-refractivity contribution >= 4 is 0 Å². The van der Waals surface area contributed by atoms with E-state index in [0.29, 0.717) is 0 Å². The van der Waals surface area contributed by atoms with Crippen LogP contribution in [0.3, 0.4) is 0 Å². The number of unbranched alkanes of at least 4 members (excludes halogenated alkanes) is 2. The molecule has 0 spiro atoms. The highest BCUT2D eigenvalue weighted by Gasteiger charge is 1.93. The van der Waals surface area contributed by atoms with Gasteiger partial charge in [-0.1, -0.05) is 31.2 Å². The summed E-state index contributed by atoms with van der Waals surface area (Å²) in [5, 5.41) is 3.43. The van der Waals surface area contributed by atoms with Crippen LogP contribution in [-0.2, 0) is 13.0 Å². The Morgan fingerprint density at radius 1 is 1.12 bits per heavy atom. The fraction of sp³-hybridized carbons (Fsp3) is 0.467. The first-order chi connectivity index (χ1) is 7.86. The van der Waals surface area contributed by atoms with Crippen molar-refractivity contribution in [3.8, 4) is 12.3 Å². The van der Waals surface area contributed by atoms with Crippen molar-refractivity contribution in [2.75, 3.05) is 6.54 Å². The van der Waals surface area contributed by atoms with Crippen molar-refractivity contribution < 1.29 is 0 Å². The van der Waals surface area contributed by atoms with E-state index in [4.69, 9.17) is 6.42 Å². The lowest BCUT2D eigenvalue weighted by Crippen LogP contribution is -2.14. The number of aryl methyl sites for hydroxylation is 1. The highest BCUT2D eigenvalue weighted by molar-refractivity contribution is 5.22. The van der Waals surface area contributed by atoms with Crippen LogP contribution < -0.4 is 5.32 Å². The molecule has 1 nitrogen and oxygen atoms in total. The summed E-state index contributed by atoms with van der Waals surface area (Å²) in [5.41, 5.74) is 2.76. The van der Waals surface area contributed by atoms with Crippen molar-refractivity contribution in [1.82, 2.24) is 5.32 Å². The zero-order valence-corrected chi connectivity index (χ0v) is 10.1. The maximum atomic E-state index is 5.19. The molecule has 0 bridgehead atoms. The van der Waals surface area contributed by atoms with Gasteiger partial charge >= 0.3 is 0 Å². The second-order valence-electron chi connectivity index (χ2n) is 4.01. The van der Waals surface area contributed by atoms with Crippen LogP contribution >= 0.6 is 0 Å². The lowest BCUT2D eigenvalue weighted by molar-refractivity contribution is 0.629. The van der Waals surface area contributed by atoms with E-state index < -0.39 is 0 Å². The van der Waals surface area contributed by atoms with Crippen LogP contribution in [0.4, 0.5) is 0 Å². The average Bonchev–Trinajstić information content (AvgIpc) is 2.34. The molecule has 1 aromatic rings. The predicted molar refractivity (Wildman–Crippen MR) is 70.2 cm³/mol. The number of benzene rings is 1. The van der Waals surface area contributed by atoms with Crippen molar-refractivity contribution in [3.05, 3.63) is 35.4 Å². The van der Waals surface area contributed by atoms with Crippen molar-refractivity contribution in [2.24, 2.45) is 0 Å². The zero-order chi connectivity index (χ0) is 11.6. The third-order valence-corrected chi connectivity index (χ3v) is 2.69. The van der Waals surface area contributed by atoms with Crippen LogP contribution in [0.15, 0.2) is 24.3 Å². The van der Waals surface area contributed by atoms with E-state index in [-0.39, 0.29) is 0 Å². The standard InChI is InChI=1S/C15H21N/c1-3-5-6-7-12-16-13-15-10-8-14(4-2)9-11-15/h1,8-11,16H,4-7,12-13H2,2H3. The first kappa shape index (κ1) is 12.8. The molecule has 0 aromatic heterocycles. The fourth-order valence-electron chi connectivity index (χ4n) is 1.60. The minimum absolute atomic E-state index is 0.896. The number of nitrogens with one attached hydrogen (secondary N) is 1. The summed E-state index contributed by atoms with van der Waals surface area (Å²) >= 11 is 0. The van der Waals surface area contributed by atoms with Gasteiger partial charge in [0.1, 0.15) is 0 Å². The molecule has 0 atom stereocenters. The van der Waals surface area contributed by atoms with Crippen molar-refractivity contribution in [2.45, 2.75) is 39.2 Å². The van der Waals surface area contributed by atoms with Crippen molar-refractivity contribution in [1.29, 1.82) is 0 Å². The Labute approximate surface area is 99.3 Å². The Morgan fingerprint density at radius 2 is 1.81 bits per heavy atom. The van der Waals surface area contributed by atoms with E-state index in [9.17, 15) is 0 Å². The minimum Gasteiger partial charge on any atom is -0.313 e. The Hall–Kier alpha value is -1.26. The molecule has 0 aliphatic heterocycles. The lowest BCUT2D eigenvalue weighted by atomic mass is 10.1. The lowest BCUT2D eigenvalue weighted by Gasteiger charge is -2.05. The predicted octanol–water partition coefficient (Wildman–Crippen LogP) is 3.14. The van der Waals surface area contributed by atoms with Gasteiger partial charge in [-0.25, -0.2) is 0 Å². The van der Waals surface area contributed by atoms with Gasteiger partial charge in [0.15, 0.2) is 0 Å². The molecule has 0 saturated carbocycles. The zero-order valence-electron chi connectivity index (χ0n) is 10.1. The molecule has 0 aliphatic rings. The maximum Gasteiger partial charge on any atom is 0.0205 e. The SMILES string of the molecule is C#CCCCCNCc1ccc(CC)cc1. The molecule has 0 unspecified atom stereocenters. The molecule has 1 N–H and O–H groups in total. The molecular formula is C15H21N. The van der Waals surface area contributed by atoms with E-state index in [1.807, 2.05) is 0 Å². The van der Waals surface area contributed by atoms with Gasteiger partial charge in [0.05, 0.1) is 0 Å². The molecule has 86 valence electrons. The molecule has 0 amide bonds. The van der Waals surface area contributed by atoms with Crippen LogP contribution in [0.2, 0.25) is 0 Å². The van der Waals surface area contributed by atoms with Gasteiger partial charge in [-0.2, -0.15) is 0 Å². The smallest absolute Gasteiger partial charge is 0.0205 e. The second-order valence-corrected chi connectivity index (χ2v) is 4.01. The first-order valence-corrected chi connectivity index (χ1v) is 6.08. The molecule has 0 saturated heterocycles. The van der Waals surface area contributed by atoms with Gasteiger partial charge in [-0.3, -0.25) is 0 Å². The van der Waals surface area contributed by atoms with Crippen LogP contribution in [0.5, 0.6) is 0 Å². The van der Waals surface area contributed by atoms with E-state index in [1.165, 1.54) is 11.1 Å². The van der Waals surface area contributed by atoms with Gasteiger partial charge < -0.3 is 5.32 Å². The van der Waals surface area contributed by atoms with Gasteiger partial charge in [0.2, 0.25) is 0 Å². The monoisotopic (exact) mass is 215 g/mol. The van der Waals surface area contributed by atoms with Crippen LogP contribution in [0, 0.1) is 12.3 Å². The largest absolute Gasteiger partial charge is 0.313 e. The summed E-state index contributed by atoms with van der Waals surface area (Å²) in [6.45, 7) is 4.19. The summed E-state index contributed by atoms with van der Waals surface area (Å²) in [6.07, 6.45) is 9.49. The molecule has 0 heterocycles. The van der Waals surface area contributed by atoms with Gasteiger partial charge in [-0.15, -0.1) is 12.3 Å². The van der Waals surface area contributed by atoms with Crippen LogP contribution in [0.1, 0.15) is 37.3 Å². The maximum absolute atomic E-state index is 5.19. The Balaban J connectivity index is 2.15. The summed E-state index contributed by atoms with van der Waals surface area (Å²) in [6, 6.07) is 8.81. The van der Waals surface area contributed by atoms with Crippen LogP contribution in [0.25, 0.3) is 0 Å². The van der Waals surface area contributed by atoms with Crippen molar-refractivity contribution in [3.63, 3.8) is 0 Å². The van der Waals surface area contributed by atoms with E-state index in [0.717, 1.165) is 38.8 Å². The molecule has 16 heavy (non-hydrogen) atoms. The van der Waals surface area contributed by atoms with E-state index in [2.05, 4.69) is 42.4 Å². The molecule has 1 rings (SSSR count). The molecule has 0 radical (unpaired) electrons. The first-order valence-electron chi connectivity index (χ1n) is 6.08. The number of hydrogen-bond donors (Lipinski definition) is 1. The van der Waals surface area contributed by atoms with Gasteiger partial charge in [0.25, 0.3) is 0 Å². The molecular weight excluding hydrogens is 194 g/mol. The normalized spacial score (nSPS) is 10.0. The number of rotatable bonds is 7. The summed E-state index contributed by atoms with van der Waals surface area (Å²) in [4.78, 5) is 0. The van der Waals surface area contributed by atoms with Gasteiger partial charge in [-0.05, 0) is 36.9 Å². The number of terminal acetylenes is 1. The van der Waals surface area contributed by atoms with E-state index in [1.54, 1.807) is 0 Å². The molecule has 0 fully saturated rings. The third-order valence-electron chi connectivity index (χ3n) is 2.69. The van der Waals surface area contributed by atoms with E-state index >= 15 is 0 Å². The molecule has 1 heteroatoms.